The Balaban J connectivity index is 1.81. The third-order valence-electron chi connectivity index (χ3n) is 4.45. The monoisotopic (exact) mass is 317 g/mol. The van der Waals surface area contributed by atoms with Crippen molar-refractivity contribution in [1.29, 1.82) is 0 Å². The molecule has 0 saturated carbocycles. The molecule has 2 aromatic rings. The summed E-state index contributed by atoms with van der Waals surface area (Å²) in [6, 6.07) is 4.25. The van der Waals surface area contributed by atoms with Crippen LogP contribution in [0.1, 0.15) is 42.7 Å². The normalized spacial score (nSPS) is 16.0. The summed E-state index contributed by atoms with van der Waals surface area (Å²) in [4.78, 5) is 6.81. The van der Waals surface area contributed by atoms with E-state index < -0.39 is 0 Å². The van der Waals surface area contributed by atoms with Gasteiger partial charge in [0.2, 0.25) is 5.89 Å². The van der Waals surface area contributed by atoms with Crippen molar-refractivity contribution in [1.82, 2.24) is 15.0 Å². The quantitative estimate of drug-likeness (QED) is 0.845. The summed E-state index contributed by atoms with van der Waals surface area (Å²) < 4.78 is 16.2. The number of hydrogen-bond acceptors (Lipinski definition) is 6. The van der Waals surface area contributed by atoms with E-state index in [-0.39, 0.29) is 6.04 Å². The van der Waals surface area contributed by atoms with Crippen molar-refractivity contribution in [2.24, 2.45) is 0 Å². The van der Waals surface area contributed by atoms with Crippen LogP contribution in [-0.2, 0) is 19.4 Å². The standard InChI is InChI=1S/C17H23N3O3/c1-5-16-18-17(23-19-16)11(2)20-7-6-12-8-14(21-3)15(22-4)9-13(12)10-20/h8-9,11H,5-7,10H2,1-4H3/t11-/m1/s1. The second-order valence-corrected chi connectivity index (χ2v) is 5.77. The minimum Gasteiger partial charge on any atom is -0.493 e. The molecular formula is C17H23N3O3. The van der Waals surface area contributed by atoms with Crippen molar-refractivity contribution in [3.63, 3.8) is 0 Å². The lowest BCUT2D eigenvalue weighted by Crippen LogP contribution is -2.33. The van der Waals surface area contributed by atoms with E-state index in [1.54, 1.807) is 14.2 Å². The molecule has 3 rings (SSSR count). The highest BCUT2D eigenvalue weighted by Gasteiger charge is 2.26. The Morgan fingerprint density at radius 1 is 1.22 bits per heavy atom. The summed E-state index contributed by atoms with van der Waals surface area (Å²) in [6.07, 6.45) is 1.75. The zero-order valence-electron chi connectivity index (χ0n) is 14.1. The maximum absolute atomic E-state index is 5.42. The van der Waals surface area contributed by atoms with Gasteiger partial charge in [0.1, 0.15) is 0 Å². The van der Waals surface area contributed by atoms with Crippen LogP contribution >= 0.6 is 0 Å². The zero-order chi connectivity index (χ0) is 16.4. The Bertz CT molecular complexity index is 684. The highest BCUT2D eigenvalue weighted by Crippen LogP contribution is 2.35. The number of fused-ring (bicyclic) bond motifs is 1. The number of nitrogens with zero attached hydrogens (tertiary/aromatic N) is 3. The fraction of sp³-hybridized carbons (Fsp3) is 0.529. The molecule has 0 radical (unpaired) electrons. The number of hydrogen-bond donors (Lipinski definition) is 0. The number of rotatable bonds is 5. The van der Waals surface area contributed by atoms with Gasteiger partial charge in [-0.3, -0.25) is 4.90 Å². The molecule has 0 N–H and O–H groups in total. The molecule has 0 saturated heterocycles. The first-order valence-electron chi connectivity index (χ1n) is 7.96. The van der Waals surface area contributed by atoms with Crippen LogP contribution in [0, 0.1) is 0 Å². The van der Waals surface area contributed by atoms with Crippen LogP contribution in [0.2, 0.25) is 0 Å². The van der Waals surface area contributed by atoms with Gasteiger partial charge in [-0.15, -0.1) is 0 Å². The van der Waals surface area contributed by atoms with Gasteiger partial charge in [-0.2, -0.15) is 4.98 Å². The number of aromatic nitrogens is 2. The van der Waals surface area contributed by atoms with Crippen LogP contribution in [0.5, 0.6) is 11.5 Å². The van der Waals surface area contributed by atoms with E-state index in [0.717, 1.165) is 43.3 Å². The molecule has 0 amide bonds. The molecule has 0 unspecified atom stereocenters. The number of ether oxygens (including phenoxy) is 2. The topological polar surface area (TPSA) is 60.6 Å². The molecule has 1 aliphatic heterocycles. The average molecular weight is 317 g/mol. The van der Waals surface area contributed by atoms with Crippen LogP contribution in [0.15, 0.2) is 16.7 Å². The van der Waals surface area contributed by atoms with E-state index >= 15 is 0 Å². The van der Waals surface area contributed by atoms with Crippen molar-refractivity contribution >= 4 is 0 Å². The summed E-state index contributed by atoms with van der Waals surface area (Å²) in [6.45, 7) is 5.92. The summed E-state index contributed by atoms with van der Waals surface area (Å²) in [5.41, 5.74) is 2.57. The third-order valence-corrected chi connectivity index (χ3v) is 4.45. The SMILES string of the molecule is CCc1noc([C@@H](C)N2CCc3cc(OC)c(OC)cc3C2)n1. The fourth-order valence-electron chi connectivity index (χ4n) is 2.97. The van der Waals surface area contributed by atoms with Crippen LogP contribution in [-0.4, -0.2) is 35.8 Å². The summed E-state index contributed by atoms with van der Waals surface area (Å²) in [5.74, 6) is 3.01. The van der Waals surface area contributed by atoms with Crippen LogP contribution in [0.4, 0.5) is 0 Å². The third kappa shape index (κ3) is 3.03. The Labute approximate surface area is 136 Å². The van der Waals surface area contributed by atoms with E-state index in [9.17, 15) is 0 Å². The number of aryl methyl sites for hydroxylation is 1. The minimum absolute atomic E-state index is 0.101. The zero-order valence-corrected chi connectivity index (χ0v) is 14.1. The maximum atomic E-state index is 5.42. The van der Waals surface area contributed by atoms with E-state index in [1.807, 2.05) is 6.92 Å². The first-order chi connectivity index (χ1) is 11.2. The van der Waals surface area contributed by atoms with Crippen molar-refractivity contribution in [3.05, 3.63) is 35.0 Å². The van der Waals surface area contributed by atoms with Gasteiger partial charge in [0.25, 0.3) is 0 Å². The molecule has 6 nitrogen and oxygen atoms in total. The molecule has 1 atom stereocenters. The largest absolute Gasteiger partial charge is 0.493 e. The predicted octanol–water partition coefficient (Wildman–Crippen LogP) is 2.77. The Morgan fingerprint density at radius 2 is 1.91 bits per heavy atom. The lowest BCUT2D eigenvalue weighted by molar-refractivity contribution is 0.157. The molecule has 124 valence electrons. The summed E-state index contributed by atoms with van der Waals surface area (Å²) in [7, 11) is 3.33. The van der Waals surface area contributed by atoms with Gasteiger partial charge in [-0.1, -0.05) is 12.1 Å². The van der Waals surface area contributed by atoms with Gasteiger partial charge in [0.15, 0.2) is 17.3 Å². The molecule has 0 spiro atoms. The molecule has 0 bridgehead atoms. The van der Waals surface area contributed by atoms with Crippen LogP contribution in [0.3, 0.4) is 0 Å². The molecule has 1 aromatic carbocycles. The first kappa shape index (κ1) is 15.8. The van der Waals surface area contributed by atoms with E-state index in [4.69, 9.17) is 14.0 Å². The molecule has 0 fully saturated rings. The Morgan fingerprint density at radius 3 is 2.52 bits per heavy atom. The Hall–Kier alpha value is -2.08. The molecule has 23 heavy (non-hydrogen) atoms. The van der Waals surface area contributed by atoms with Gasteiger partial charge in [-0.25, -0.2) is 0 Å². The lowest BCUT2D eigenvalue weighted by Gasteiger charge is -2.32. The smallest absolute Gasteiger partial charge is 0.243 e. The summed E-state index contributed by atoms with van der Waals surface area (Å²) >= 11 is 0. The lowest BCUT2D eigenvalue weighted by atomic mass is 9.97. The fourth-order valence-corrected chi connectivity index (χ4v) is 2.97. The van der Waals surface area contributed by atoms with Crippen molar-refractivity contribution in [2.45, 2.75) is 39.3 Å². The second kappa shape index (κ2) is 6.58. The second-order valence-electron chi connectivity index (χ2n) is 5.77. The maximum Gasteiger partial charge on any atom is 0.243 e. The molecule has 1 aromatic heterocycles. The van der Waals surface area contributed by atoms with E-state index in [1.165, 1.54) is 11.1 Å². The van der Waals surface area contributed by atoms with Gasteiger partial charge >= 0.3 is 0 Å². The van der Waals surface area contributed by atoms with Crippen molar-refractivity contribution in [3.8, 4) is 11.5 Å². The highest BCUT2D eigenvalue weighted by molar-refractivity contribution is 5.48. The predicted molar refractivity (Wildman–Crippen MR) is 85.8 cm³/mol. The minimum atomic E-state index is 0.101. The molecule has 1 aliphatic rings. The molecule has 6 heteroatoms. The van der Waals surface area contributed by atoms with Crippen LogP contribution < -0.4 is 9.47 Å². The molecule has 0 aliphatic carbocycles. The van der Waals surface area contributed by atoms with Gasteiger partial charge in [-0.05, 0) is 36.6 Å². The van der Waals surface area contributed by atoms with Crippen molar-refractivity contribution in [2.75, 3.05) is 20.8 Å². The average Bonchev–Trinajstić information content (AvgIpc) is 3.08. The number of methoxy groups -OCH3 is 2. The van der Waals surface area contributed by atoms with E-state index in [0.29, 0.717) is 5.89 Å². The molecule has 2 heterocycles. The highest BCUT2D eigenvalue weighted by atomic mass is 16.5. The first-order valence-corrected chi connectivity index (χ1v) is 7.96. The Kier molecular flexibility index (Phi) is 4.52. The van der Waals surface area contributed by atoms with Crippen molar-refractivity contribution < 1.29 is 14.0 Å². The number of benzene rings is 1. The summed E-state index contributed by atoms with van der Waals surface area (Å²) in [5, 5.41) is 4.00. The van der Waals surface area contributed by atoms with Crippen LogP contribution in [0.25, 0.3) is 0 Å². The van der Waals surface area contributed by atoms with Gasteiger partial charge < -0.3 is 14.0 Å². The van der Waals surface area contributed by atoms with Gasteiger partial charge in [0.05, 0.1) is 20.3 Å². The molecular weight excluding hydrogens is 294 g/mol. The van der Waals surface area contributed by atoms with E-state index in [2.05, 4.69) is 34.1 Å². The van der Waals surface area contributed by atoms with Gasteiger partial charge in [0, 0.05) is 19.5 Å².